The Hall–Kier alpha value is -0.690. The summed E-state index contributed by atoms with van der Waals surface area (Å²) in [5.74, 6) is -1.48. The van der Waals surface area contributed by atoms with Crippen molar-refractivity contribution in [2.45, 2.75) is 50.7 Å². The molecule has 2 fully saturated rings. The van der Waals surface area contributed by atoms with E-state index >= 15 is 0 Å². The number of carbonyl (C=O) groups excluding carboxylic acids is 1. The molecule has 0 aromatic carbocycles. The maximum absolute atomic E-state index is 12.3. The van der Waals surface area contributed by atoms with E-state index in [4.69, 9.17) is 9.47 Å². The van der Waals surface area contributed by atoms with Crippen molar-refractivity contribution in [3.05, 3.63) is 0 Å². The van der Waals surface area contributed by atoms with Gasteiger partial charge in [-0.1, -0.05) is 6.92 Å². The van der Waals surface area contributed by atoms with Crippen LogP contribution in [0.5, 0.6) is 0 Å². The predicted molar refractivity (Wildman–Crippen MR) is 67.3 cm³/mol. The van der Waals surface area contributed by atoms with E-state index in [0.29, 0.717) is 0 Å². The third-order valence-electron chi connectivity index (χ3n) is 4.73. The standard InChI is InChI=1S/C13H23NO5/c1-8-10(17)14(5)12(6-15,9(2)16)13(8)7-18-11(3,4)19-13/h8-9,15-16H,6-7H2,1-5H3/t8-,9+,12-,13-/m0/s1. The van der Waals surface area contributed by atoms with E-state index in [1.54, 1.807) is 34.7 Å². The van der Waals surface area contributed by atoms with Crippen molar-refractivity contribution in [3.8, 4) is 0 Å². The molecule has 0 bridgehead atoms. The van der Waals surface area contributed by atoms with Gasteiger partial charge in [0.2, 0.25) is 5.91 Å². The number of likely N-dealkylation sites (N-methyl/N-ethyl adjacent to an activating group) is 1. The van der Waals surface area contributed by atoms with Gasteiger partial charge in [-0.15, -0.1) is 0 Å². The number of aliphatic hydroxyl groups excluding tert-OH is 2. The molecule has 0 unspecified atom stereocenters. The molecule has 6 heteroatoms. The lowest BCUT2D eigenvalue weighted by atomic mass is 9.73. The Morgan fingerprint density at radius 1 is 1.53 bits per heavy atom. The van der Waals surface area contributed by atoms with Crippen LogP contribution in [0.4, 0.5) is 0 Å². The number of ether oxygens (including phenoxy) is 2. The Morgan fingerprint density at radius 2 is 2.11 bits per heavy atom. The average molecular weight is 273 g/mol. The van der Waals surface area contributed by atoms with Gasteiger partial charge in [-0.3, -0.25) is 4.79 Å². The molecule has 1 amide bonds. The van der Waals surface area contributed by atoms with Gasteiger partial charge >= 0.3 is 0 Å². The number of amides is 1. The smallest absolute Gasteiger partial charge is 0.228 e. The first-order chi connectivity index (χ1) is 8.64. The number of nitrogens with zero attached hydrogens (tertiary/aromatic N) is 1. The van der Waals surface area contributed by atoms with E-state index < -0.39 is 28.9 Å². The van der Waals surface area contributed by atoms with Gasteiger partial charge in [0.1, 0.15) is 11.1 Å². The summed E-state index contributed by atoms with van der Waals surface area (Å²) >= 11 is 0. The lowest BCUT2D eigenvalue weighted by molar-refractivity contribution is -0.208. The fraction of sp³-hybridized carbons (Fsp3) is 0.923. The molecule has 2 aliphatic rings. The highest BCUT2D eigenvalue weighted by Crippen LogP contribution is 2.52. The molecule has 110 valence electrons. The number of carbonyl (C=O) groups is 1. The first kappa shape index (κ1) is 14.7. The largest absolute Gasteiger partial charge is 0.394 e. The van der Waals surface area contributed by atoms with Crippen LogP contribution < -0.4 is 0 Å². The number of aliphatic hydroxyl groups is 2. The summed E-state index contributed by atoms with van der Waals surface area (Å²) in [4.78, 5) is 13.7. The van der Waals surface area contributed by atoms with Crippen molar-refractivity contribution in [2.24, 2.45) is 5.92 Å². The van der Waals surface area contributed by atoms with Crippen LogP contribution in [-0.4, -0.2) is 64.3 Å². The zero-order valence-electron chi connectivity index (χ0n) is 12.1. The summed E-state index contributed by atoms with van der Waals surface area (Å²) in [6, 6.07) is 0. The minimum absolute atomic E-state index is 0.156. The molecule has 2 heterocycles. The Balaban J connectivity index is 2.58. The molecule has 2 aliphatic heterocycles. The van der Waals surface area contributed by atoms with Crippen LogP contribution in [0.25, 0.3) is 0 Å². The maximum Gasteiger partial charge on any atom is 0.228 e. The minimum Gasteiger partial charge on any atom is -0.394 e. The van der Waals surface area contributed by atoms with Gasteiger partial charge in [0.15, 0.2) is 5.79 Å². The summed E-state index contributed by atoms with van der Waals surface area (Å²) in [6.45, 7) is 6.64. The summed E-state index contributed by atoms with van der Waals surface area (Å²) in [6.07, 6.45) is -0.936. The summed E-state index contributed by atoms with van der Waals surface area (Å²) in [5, 5.41) is 20.1. The monoisotopic (exact) mass is 273 g/mol. The highest BCUT2D eigenvalue weighted by Gasteiger charge is 2.72. The second-order valence-electron chi connectivity index (χ2n) is 6.06. The van der Waals surface area contributed by atoms with Crippen LogP contribution in [0, 0.1) is 5.92 Å². The van der Waals surface area contributed by atoms with E-state index in [1.165, 1.54) is 4.90 Å². The third-order valence-corrected chi connectivity index (χ3v) is 4.73. The first-order valence-corrected chi connectivity index (χ1v) is 6.55. The summed E-state index contributed by atoms with van der Waals surface area (Å²) in [5.41, 5.74) is -2.22. The van der Waals surface area contributed by atoms with Crippen LogP contribution in [0.15, 0.2) is 0 Å². The van der Waals surface area contributed by atoms with E-state index in [-0.39, 0.29) is 19.1 Å². The zero-order chi connectivity index (χ0) is 14.6. The molecular weight excluding hydrogens is 250 g/mol. The number of hydrogen-bond donors (Lipinski definition) is 2. The van der Waals surface area contributed by atoms with Crippen LogP contribution >= 0.6 is 0 Å². The van der Waals surface area contributed by atoms with Gasteiger partial charge in [-0.05, 0) is 20.8 Å². The van der Waals surface area contributed by atoms with Crippen LogP contribution in [0.2, 0.25) is 0 Å². The maximum atomic E-state index is 12.3. The normalized spacial score (nSPS) is 43.2. The molecule has 4 atom stereocenters. The topological polar surface area (TPSA) is 79.2 Å². The number of hydrogen-bond acceptors (Lipinski definition) is 5. The van der Waals surface area contributed by atoms with Gasteiger partial charge in [-0.25, -0.2) is 0 Å². The molecule has 0 aromatic rings. The Bertz CT molecular complexity index is 396. The molecule has 6 nitrogen and oxygen atoms in total. The molecule has 19 heavy (non-hydrogen) atoms. The molecule has 2 N–H and O–H groups in total. The fourth-order valence-electron chi connectivity index (χ4n) is 3.56. The quantitative estimate of drug-likeness (QED) is 0.724. The van der Waals surface area contributed by atoms with Crippen molar-refractivity contribution in [1.82, 2.24) is 4.90 Å². The molecular formula is C13H23NO5. The van der Waals surface area contributed by atoms with Crippen LogP contribution in [0.3, 0.4) is 0 Å². The molecule has 0 saturated carbocycles. The summed E-state index contributed by atoms with van der Waals surface area (Å²) in [7, 11) is 1.59. The van der Waals surface area contributed by atoms with Gasteiger partial charge < -0.3 is 24.6 Å². The average Bonchev–Trinajstić information content (AvgIpc) is 2.72. The third kappa shape index (κ3) is 1.60. The molecule has 0 radical (unpaired) electrons. The van der Waals surface area contributed by atoms with Crippen molar-refractivity contribution in [3.63, 3.8) is 0 Å². The Labute approximate surface area is 113 Å². The molecule has 0 aromatic heterocycles. The second-order valence-corrected chi connectivity index (χ2v) is 6.06. The van der Waals surface area contributed by atoms with Crippen LogP contribution in [-0.2, 0) is 14.3 Å². The van der Waals surface area contributed by atoms with Crippen molar-refractivity contribution < 1.29 is 24.5 Å². The lowest BCUT2D eigenvalue weighted by Gasteiger charge is -2.47. The van der Waals surface area contributed by atoms with Crippen molar-refractivity contribution in [2.75, 3.05) is 20.3 Å². The summed E-state index contributed by atoms with van der Waals surface area (Å²) < 4.78 is 11.6. The van der Waals surface area contributed by atoms with Crippen molar-refractivity contribution in [1.29, 1.82) is 0 Å². The van der Waals surface area contributed by atoms with Gasteiger partial charge in [0, 0.05) is 7.05 Å². The highest BCUT2D eigenvalue weighted by atomic mass is 16.8. The molecule has 0 aliphatic carbocycles. The number of rotatable bonds is 2. The predicted octanol–water partition coefficient (Wildman–Crippen LogP) is -0.272. The molecule has 2 rings (SSSR count). The first-order valence-electron chi connectivity index (χ1n) is 6.55. The van der Waals surface area contributed by atoms with Gasteiger partial charge in [0.05, 0.1) is 25.2 Å². The Kier molecular flexibility index (Phi) is 3.21. The van der Waals surface area contributed by atoms with E-state index in [1.807, 2.05) is 0 Å². The second kappa shape index (κ2) is 4.15. The Morgan fingerprint density at radius 3 is 2.47 bits per heavy atom. The zero-order valence-corrected chi connectivity index (χ0v) is 12.1. The van der Waals surface area contributed by atoms with E-state index in [9.17, 15) is 15.0 Å². The van der Waals surface area contributed by atoms with Crippen LogP contribution in [0.1, 0.15) is 27.7 Å². The number of likely N-dealkylation sites (tertiary alicyclic amines) is 1. The van der Waals surface area contributed by atoms with Crippen molar-refractivity contribution >= 4 is 5.91 Å². The highest BCUT2D eigenvalue weighted by molar-refractivity contribution is 5.84. The SMILES string of the molecule is C[C@H]1C(=O)N(C)[C@@](CO)([C@@H](C)O)[C@]12COC(C)(C)O2. The fourth-order valence-corrected chi connectivity index (χ4v) is 3.56. The lowest BCUT2D eigenvalue weighted by Crippen LogP contribution is -2.68. The van der Waals surface area contributed by atoms with Gasteiger partial charge in [0.25, 0.3) is 0 Å². The molecule has 2 saturated heterocycles. The minimum atomic E-state index is -1.18. The molecule has 1 spiro atoms. The van der Waals surface area contributed by atoms with Gasteiger partial charge in [-0.2, -0.15) is 0 Å². The van der Waals surface area contributed by atoms with E-state index in [2.05, 4.69) is 0 Å². The van der Waals surface area contributed by atoms with E-state index in [0.717, 1.165) is 0 Å².